The predicted molar refractivity (Wildman–Crippen MR) is 140 cm³/mol. The molecule has 1 N–H and O–H groups in total. The van der Waals surface area contributed by atoms with E-state index in [1.807, 2.05) is 48.5 Å². The van der Waals surface area contributed by atoms with E-state index in [1.54, 1.807) is 23.7 Å². The van der Waals surface area contributed by atoms with Crippen molar-refractivity contribution in [3.8, 4) is 0 Å². The van der Waals surface area contributed by atoms with Gasteiger partial charge in [-0.2, -0.15) is 0 Å². The van der Waals surface area contributed by atoms with E-state index in [4.69, 9.17) is 0 Å². The first kappa shape index (κ1) is 24.6. The van der Waals surface area contributed by atoms with Crippen LogP contribution in [0.2, 0.25) is 0 Å². The first-order chi connectivity index (χ1) is 16.1. The Labute approximate surface area is 208 Å². The van der Waals surface area contributed by atoms with Crippen LogP contribution in [0.25, 0.3) is 0 Å². The van der Waals surface area contributed by atoms with E-state index in [2.05, 4.69) is 37.9 Å². The Morgan fingerprint density at radius 2 is 1.85 bits per heavy atom. The average molecular weight is 480 g/mol. The van der Waals surface area contributed by atoms with Gasteiger partial charge in [-0.05, 0) is 71.7 Å². The van der Waals surface area contributed by atoms with Gasteiger partial charge in [-0.3, -0.25) is 4.79 Å². The Hall–Kier alpha value is -2.47. The van der Waals surface area contributed by atoms with Crippen molar-refractivity contribution in [2.45, 2.75) is 64.4 Å². The molecule has 2 atom stereocenters. The number of nitrogens with zero attached hydrogens (tertiary/aromatic N) is 2. The largest absolute Gasteiger partial charge is 0.335 e. The second-order valence-corrected chi connectivity index (χ2v) is 12.4. The van der Waals surface area contributed by atoms with Gasteiger partial charge in [-0.25, -0.2) is 4.79 Å². The normalized spacial score (nSPS) is 23.0. The molecule has 5 nitrogen and oxygen atoms in total. The summed E-state index contributed by atoms with van der Waals surface area (Å²) in [6.07, 6.45) is 3.36. The molecule has 182 valence electrons. The molecular formula is C28H37N3O2S. The van der Waals surface area contributed by atoms with Crippen LogP contribution in [0.15, 0.2) is 53.4 Å². The van der Waals surface area contributed by atoms with Crippen LogP contribution in [0, 0.1) is 10.8 Å². The molecule has 1 saturated heterocycles. The number of nitrogens with one attached hydrogen (secondary N) is 1. The van der Waals surface area contributed by atoms with Crippen molar-refractivity contribution in [3.63, 3.8) is 0 Å². The van der Waals surface area contributed by atoms with E-state index < -0.39 is 0 Å². The van der Waals surface area contributed by atoms with Gasteiger partial charge in [0.15, 0.2) is 0 Å². The Morgan fingerprint density at radius 1 is 1.12 bits per heavy atom. The van der Waals surface area contributed by atoms with Crippen LogP contribution in [-0.4, -0.2) is 47.1 Å². The van der Waals surface area contributed by atoms with Crippen LogP contribution in [0.4, 0.5) is 10.5 Å². The van der Waals surface area contributed by atoms with Crippen LogP contribution in [-0.2, 0) is 6.54 Å². The molecule has 1 heterocycles. The summed E-state index contributed by atoms with van der Waals surface area (Å²) in [6.45, 7) is 10.4. The molecule has 2 aliphatic rings. The summed E-state index contributed by atoms with van der Waals surface area (Å²) in [7, 11) is 1.78. The lowest BCUT2D eigenvalue weighted by Gasteiger charge is -2.39. The zero-order valence-electron chi connectivity index (χ0n) is 21.1. The maximum Gasteiger partial charge on any atom is 0.321 e. The zero-order valence-corrected chi connectivity index (χ0v) is 21.9. The van der Waals surface area contributed by atoms with Crippen molar-refractivity contribution < 1.29 is 9.59 Å². The number of thioether (sulfide) groups is 1. The molecule has 3 amide bonds. The predicted octanol–water partition coefficient (Wildman–Crippen LogP) is 6.50. The number of hydrogen-bond donors (Lipinski definition) is 1. The fourth-order valence-electron chi connectivity index (χ4n) is 6.01. The van der Waals surface area contributed by atoms with Crippen molar-refractivity contribution in [2.75, 3.05) is 24.7 Å². The quantitative estimate of drug-likeness (QED) is 0.481. The molecular weight excluding hydrogens is 442 g/mol. The van der Waals surface area contributed by atoms with Gasteiger partial charge in [0.05, 0.1) is 0 Å². The Bertz CT molecular complexity index is 1050. The summed E-state index contributed by atoms with van der Waals surface area (Å²) in [5, 5.41) is 2.97. The van der Waals surface area contributed by atoms with Gasteiger partial charge < -0.3 is 15.1 Å². The molecule has 1 saturated carbocycles. The maximum absolute atomic E-state index is 13.3. The van der Waals surface area contributed by atoms with E-state index >= 15 is 0 Å². The minimum atomic E-state index is -0.154. The van der Waals surface area contributed by atoms with Crippen molar-refractivity contribution in [2.24, 2.45) is 10.8 Å². The number of amides is 3. The second kappa shape index (κ2) is 9.65. The van der Waals surface area contributed by atoms with Crippen molar-refractivity contribution in [3.05, 3.63) is 59.7 Å². The highest BCUT2D eigenvalue weighted by atomic mass is 32.2. The van der Waals surface area contributed by atoms with Crippen molar-refractivity contribution in [1.82, 2.24) is 9.80 Å². The monoisotopic (exact) mass is 479 g/mol. The number of hydrogen-bond acceptors (Lipinski definition) is 3. The molecule has 0 aromatic heterocycles. The molecule has 4 rings (SSSR count). The summed E-state index contributed by atoms with van der Waals surface area (Å²) in [5.74, 6) is 1.12. The third-order valence-electron chi connectivity index (χ3n) is 7.04. The number of benzene rings is 2. The summed E-state index contributed by atoms with van der Waals surface area (Å²) >= 11 is 1.75. The Balaban J connectivity index is 1.36. The molecule has 34 heavy (non-hydrogen) atoms. The van der Waals surface area contributed by atoms with E-state index in [-0.39, 0.29) is 22.8 Å². The lowest BCUT2D eigenvalue weighted by molar-refractivity contribution is 0.0708. The molecule has 1 aliphatic heterocycles. The van der Waals surface area contributed by atoms with E-state index in [1.165, 1.54) is 6.42 Å². The number of urea groups is 1. The molecule has 2 aromatic carbocycles. The molecule has 2 bridgehead atoms. The standard InChI is InChI=1S/C28H37N3O2S/c1-6-34-24-9-7-8-22(14-24)29-26(33)30(5)17-20-10-12-21(13-11-20)25(32)31-19-28(4)16-23(31)15-27(2,3)18-28/h7-14,23H,6,15-19H2,1-5H3,(H,29,33). The van der Waals surface area contributed by atoms with Gasteiger partial charge in [0.25, 0.3) is 5.91 Å². The molecule has 6 heteroatoms. The van der Waals surface area contributed by atoms with Crippen LogP contribution in [0.5, 0.6) is 0 Å². The van der Waals surface area contributed by atoms with Gasteiger partial charge in [0, 0.05) is 42.3 Å². The number of carbonyl (C=O) groups excluding carboxylic acids is 2. The topological polar surface area (TPSA) is 52.7 Å². The van der Waals surface area contributed by atoms with Crippen LogP contribution in [0.1, 0.15) is 62.9 Å². The minimum absolute atomic E-state index is 0.133. The first-order valence-corrected chi connectivity index (χ1v) is 13.2. The van der Waals surface area contributed by atoms with Crippen molar-refractivity contribution >= 4 is 29.4 Å². The fraction of sp³-hybridized carbons (Fsp3) is 0.500. The van der Waals surface area contributed by atoms with Gasteiger partial charge in [-0.15, -0.1) is 11.8 Å². The van der Waals surface area contributed by atoms with Gasteiger partial charge in [-0.1, -0.05) is 45.9 Å². The fourth-order valence-corrected chi connectivity index (χ4v) is 6.73. The minimum Gasteiger partial charge on any atom is -0.335 e. The SMILES string of the molecule is CCSc1cccc(NC(=O)N(C)Cc2ccc(C(=O)N3CC4(C)CC3CC(C)(C)C4)cc2)c1. The highest BCUT2D eigenvalue weighted by Gasteiger charge is 2.51. The van der Waals surface area contributed by atoms with Crippen molar-refractivity contribution in [1.29, 1.82) is 0 Å². The summed E-state index contributed by atoms with van der Waals surface area (Å²) in [5.41, 5.74) is 3.04. The average Bonchev–Trinajstić information content (AvgIpc) is 3.02. The van der Waals surface area contributed by atoms with Crippen LogP contribution >= 0.6 is 11.8 Å². The molecule has 2 aromatic rings. The molecule has 0 spiro atoms. The number of rotatable bonds is 6. The van der Waals surface area contributed by atoms with E-state index in [0.717, 1.165) is 46.8 Å². The highest BCUT2D eigenvalue weighted by Crippen LogP contribution is 2.52. The smallest absolute Gasteiger partial charge is 0.321 e. The third kappa shape index (κ3) is 5.60. The highest BCUT2D eigenvalue weighted by molar-refractivity contribution is 7.99. The van der Waals surface area contributed by atoms with Crippen LogP contribution < -0.4 is 5.32 Å². The van der Waals surface area contributed by atoms with Gasteiger partial charge >= 0.3 is 6.03 Å². The number of anilines is 1. The number of likely N-dealkylation sites (tertiary alicyclic amines) is 1. The third-order valence-corrected chi connectivity index (χ3v) is 7.92. The van der Waals surface area contributed by atoms with Gasteiger partial charge in [0.2, 0.25) is 0 Å². The Kier molecular flexibility index (Phi) is 6.99. The number of fused-ring (bicyclic) bond motifs is 2. The lowest BCUT2D eigenvalue weighted by Crippen LogP contribution is -2.37. The zero-order chi connectivity index (χ0) is 24.5. The van der Waals surface area contributed by atoms with Gasteiger partial charge in [0.1, 0.15) is 0 Å². The van der Waals surface area contributed by atoms with E-state index in [9.17, 15) is 9.59 Å². The molecule has 2 fully saturated rings. The molecule has 0 radical (unpaired) electrons. The summed E-state index contributed by atoms with van der Waals surface area (Å²) in [6, 6.07) is 15.8. The molecule has 2 unspecified atom stereocenters. The Morgan fingerprint density at radius 3 is 2.56 bits per heavy atom. The van der Waals surface area contributed by atoms with E-state index in [0.29, 0.717) is 12.6 Å². The summed E-state index contributed by atoms with van der Waals surface area (Å²) in [4.78, 5) is 30.9. The second-order valence-electron chi connectivity index (χ2n) is 11.1. The first-order valence-electron chi connectivity index (χ1n) is 12.2. The number of carbonyl (C=O) groups is 2. The lowest BCUT2D eigenvalue weighted by atomic mass is 9.65. The molecule has 1 aliphatic carbocycles. The summed E-state index contributed by atoms with van der Waals surface area (Å²) < 4.78 is 0. The van der Waals surface area contributed by atoms with Crippen LogP contribution in [0.3, 0.4) is 0 Å². The maximum atomic E-state index is 13.3.